The lowest BCUT2D eigenvalue weighted by Gasteiger charge is -2.24. The third kappa shape index (κ3) is 3.94. The number of ether oxygens (including phenoxy) is 3. The summed E-state index contributed by atoms with van der Waals surface area (Å²) >= 11 is 0. The van der Waals surface area contributed by atoms with E-state index in [1.807, 2.05) is 0 Å². The second-order valence-electron chi connectivity index (χ2n) is 5.95. The summed E-state index contributed by atoms with van der Waals surface area (Å²) in [6, 6.07) is 5.07. The van der Waals surface area contributed by atoms with Gasteiger partial charge in [-0.3, -0.25) is 4.79 Å². The van der Waals surface area contributed by atoms with Crippen molar-refractivity contribution in [3.8, 4) is 11.5 Å². The Labute approximate surface area is 135 Å². The van der Waals surface area contributed by atoms with Gasteiger partial charge in [-0.25, -0.2) is 4.79 Å². The van der Waals surface area contributed by atoms with Gasteiger partial charge in [0, 0.05) is 6.07 Å². The van der Waals surface area contributed by atoms with E-state index in [2.05, 4.69) is 5.32 Å². The van der Waals surface area contributed by atoms with Crippen LogP contribution in [0, 0.1) is 0 Å². The van der Waals surface area contributed by atoms with E-state index in [0.29, 0.717) is 17.2 Å². The molecule has 1 amide bonds. The molecule has 0 spiro atoms. The van der Waals surface area contributed by atoms with Crippen molar-refractivity contribution >= 4 is 17.6 Å². The Morgan fingerprint density at radius 2 is 2.09 bits per heavy atom. The molecule has 1 atom stereocenters. The van der Waals surface area contributed by atoms with Gasteiger partial charge in [0.2, 0.25) is 0 Å². The van der Waals surface area contributed by atoms with Gasteiger partial charge in [0.15, 0.2) is 12.7 Å². The number of carbonyl (C=O) groups is 2. The summed E-state index contributed by atoms with van der Waals surface area (Å²) in [7, 11) is 0. The first kappa shape index (κ1) is 15.6. The Kier molecular flexibility index (Phi) is 4.69. The third-order valence-electron chi connectivity index (χ3n) is 4.06. The minimum Gasteiger partial charge on any atom is -0.482 e. The molecule has 1 saturated carbocycles. The van der Waals surface area contributed by atoms with Crippen molar-refractivity contribution in [3.05, 3.63) is 18.2 Å². The smallest absolute Gasteiger partial charge is 0.347 e. The van der Waals surface area contributed by atoms with Crippen LogP contribution in [0.2, 0.25) is 0 Å². The summed E-state index contributed by atoms with van der Waals surface area (Å²) in [5, 5.41) is 2.71. The highest BCUT2D eigenvalue weighted by atomic mass is 16.6. The SMILES string of the molecule is CC(Oc1ccc2c(c1)NC(=O)CO2)C(=O)OC1CCCCC1. The second kappa shape index (κ2) is 6.89. The molecule has 1 aromatic carbocycles. The van der Waals surface area contributed by atoms with Crippen molar-refractivity contribution in [2.75, 3.05) is 11.9 Å². The Bertz CT molecular complexity index is 595. The molecule has 0 radical (unpaired) electrons. The van der Waals surface area contributed by atoms with Gasteiger partial charge in [-0.1, -0.05) is 6.42 Å². The summed E-state index contributed by atoms with van der Waals surface area (Å²) in [5.74, 6) is 0.520. The molecule has 23 heavy (non-hydrogen) atoms. The summed E-state index contributed by atoms with van der Waals surface area (Å²) < 4.78 is 16.4. The molecule has 0 saturated heterocycles. The van der Waals surface area contributed by atoms with Crippen LogP contribution in [0.3, 0.4) is 0 Å². The fourth-order valence-corrected chi connectivity index (χ4v) is 2.83. The number of carbonyl (C=O) groups excluding carboxylic acids is 2. The number of hydrogen-bond donors (Lipinski definition) is 1. The molecule has 1 fully saturated rings. The molecule has 1 aliphatic heterocycles. The van der Waals surface area contributed by atoms with Gasteiger partial charge in [0.05, 0.1) is 5.69 Å². The van der Waals surface area contributed by atoms with Crippen molar-refractivity contribution in [2.24, 2.45) is 0 Å². The molecule has 0 aromatic heterocycles. The van der Waals surface area contributed by atoms with E-state index in [-0.39, 0.29) is 24.6 Å². The number of esters is 1. The van der Waals surface area contributed by atoms with Crippen molar-refractivity contribution in [1.82, 2.24) is 0 Å². The summed E-state index contributed by atoms with van der Waals surface area (Å²) in [4.78, 5) is 23.5. The molecule has 1 unspecified atom stereocenters. The van der Waals surface area contributed by atoms with Crippen LogP contribution in [0.5, 0.6) is 11.5 Å². The van der Waals surface area contributed by atoms with Crippen LogP contribution in [0.1, 0.15) is 39.0 Å². The zero-order valence-electron chi connectivity index (χ0n) is 13.2. The maximum atomic E-state index is 12.1. The highest BCUT2D eigenvalue weighted by molar-refractivity contribution is 5.95. The Morgan fingerprint density at radius 3 is 2.87 bits per heavy atom. The summed E-state index contributed by atoms with van der Waals surface area (Å²) in [5.41, 5.74) is 0.548. The third-order valence-corrected chi connectivity index (χ3v) is 4.06. The Balaban J connectivity index is 1.58. The van der Waals surface area contributed by atoms with Gasteiger partial charge in [0.1, 0.15) is 17.6 Å². The van der Waals surface area contributed by atoms with Crippen LogP contribution in [0.15, 0.2) is 18.2 Å². The van der Waals surface area contributed by atoms with Crippen LogP contribution in [-0.2, 0) is 14.3 Å². The van der Waals surface area contributed by atoms with Crippen LogP contribution in [0.4, 0.5) is 5.69 Å². The molecule has 1 aliphatic carbocycles. The van der Waals surface area contributed by atoms with Crippen molar-refractivity contribution in [3.63, 3.8) is 0 Å². The van der Waals surface area contributed by atoms with Crippen molar-refractivity contribution in [2.45, 2.75) is 51.2 Å². The maximum absolute atomic E-state index is 12.1. The number of anilines is 1. The molecular weight excluding hydrogens is 298 g/mol. The van der Waals surface area contributed by atoms with E-state index in [4.69, 9.17) is 14.2 Å². The second-order valence-corrected chi connectivity index (χ2v) is 5.95. The quantitative estimate of drug-likeness (QED) is 0.864. The number of nitrogens with one attached hydrogen (secondary N) is 1. The zero-order valence-corrected chi connectivity index (χ0v) is 13.2. The van der Waals surface area contributed by atoms with Crippen LogP contribution in [-0.4, -0.2) is 30.7 Å². The molecule has 124 valence electrons. The maximum Gasteiger partial charge on any atom is 0.347 e. The molecular formula is C17H21NO5. The summed E-state index contributed by atoms with van der Waals surface area (Å²) in [6.45, 7) is 1.68. The first-order valence-electron chi connectivity index (χ1n) is 8.05. The highest BCUT2D eigenvalue weighted by Crippen LogP contribution is 2.32. The number of amides is 1. The fraction of sp³-hybridized carbons (Fsp3) is 0.529. The number of fused-ring (bicyclic) bond motifs is 1. The van der Waals surface area contributed by atoms with Gasteiger partial charge in [0.25, 0.3) is 5.91 Å². The van der Waals surface area contributed by atoms with E-state index in [1.165, 1.54) is 6.42 Å². The van der Waals surface area contributed by atoms with E-state index in [1.54, 1.807) is 25.1 Å². The molecule has 6 nitrogen and oxygen atoms in total. The lowest BCUT2D eigenvalue weighted by molar-refractivity contribution is -0.158. The van der Waals surface area contributed by atoms with Crippen LogP contribution >= 0.6 is 0 Å². The first-order chi connectivity index (χ1) is 11.1. The van der Waals surface area contributed by atoms with Crippen molar-refractivity contribution < 1.29 is 23.8 Å². The minimum atomic E-state index is -0.699. The van der Waals surface area contributed by atoms with Gasteiger partial charge in [-0.05, 0) is 44.7 Å². The van der Waals surface area contributed by atoms with E-state index < -0.39 is 6.10 Å². The molecule has 0 bridgehead atoms. The monoisotopic (exact) mass is 319 g/mol. The van der Waals surface area contributed by atoms with Crippen LogP contribution in [0.25, 0.3) is 0 Å². The van der Waals surface area contributed by atoms with E-state index in [0.717, 1.165) is 25.7 Å². The minimum absolute atomic E-state index is 0.0112. The molecule has 1 N–H and O–H groups in total. The molecule has 1 aromatic rings. The average Bonchev–Trinajstić information content (AvgIpc) is 2.55. The topological polar surface area (TPSA) is 73.9 Å². The average molecular weight is 319 g/mol. The molecule has 3 rings (SSSR count). The predicted molar refractivity (Wildman–Crippen MR) is 83.6 cm³/mol. The van der Waals surface area contributed by atoms with Gasteiger partial charge < -0.3 is 19.5 Å². The molecule has 6 heteroatoms. The fourth-order valence-electron chi connectivity index (χ4n) is 2.83. The number of benzene rings is 1. The van der Waals surface area contributed by atoms with E-state index >= 15 is 0 Å². The zero-order chi connectivity index (χ0) is 16.2. The largest absolute Gasteiger partial charge is 0.482 e. The summed E-state index contributed by atoms with van der Waals surface area (Å²) in [6.07, 6.45) is 4.61. The number of hydrogen-bond acceptors (Lipinski definition) is 5. The first-order valence-corrected chi connectivity index (χ1v) is 8.05. The number of rotatable bonds is 4. The standard InChI is InChI=1S/C17H21NO5/c1-11(17(20)23-12-5-3-2-4-6-12)22-13-7-8-15-14(9-13)18-16(19)10-21-15/h7-9,11-12H,2-6,10H2,1H3,(H,18,19). The molecule has 2 aliphatic rings. The lowest BCUT2D eigenvalue weighted by atomic mass is 9.98. The lowest BCUT2D eigenvalue weighted by Crippen LogP contribution is -2.31. The van der Waals surface area contributed by atoms with Crippen molar-refractivity contribution in [1.29, 1.82) is 0 Å². The van der Waals surface area contributed by atoms with Crippen LogP contribution < -0.4 is 14.8 Å². The van der Waals surface area contributed by atoms with Gasteiger partial charge >= 0.3 is 5.97 Å². The van der Waals surface area contributed by atoms with E-state index in [9.17, 15) is 9.59 Å². The predicted octanol–water partition coefficient (Wildman–Crippen LogP) is 2.66. The van der Waals surface area contributed by atoms with Gasteiger partial charge in [-0.2, -0.15) is 0 Å². The highest BCUT2D eigenvalue weighted by Gasteiger charge is 2.23. The Hall–Kier alpha value is -2.24. The Morgan fingerprint density at radius 1 is 1.30 bits per heavy atom. The normalized spacial score (nSPS) is 19.1. The van der Waals surface area contributed by atoms with Gasteiger partial charge in [-0.15, -0.1) is 0 Å². The molecule has 1 heterocycles.